The number of sulfonamides is 1. The van der Waals surface area contributed by atoms with Crippen LogP contribution in [0.15, 0.2) is 47.6 Å². The molecule has 3 rings (SSSR count). The van der Waals surface area contributed by atoms with Crippen molar-refractivity contribution in [1.82, 2.24) is 9.55 Å². The average Bonchev–Trinajstić information content (AvgIpc) is 2.95. The maximum Gasteiger partial charge on any atom is 0.238 e. The summed E-state index contributed by atoms with van der Waals surface area (Å²) >= 11 is 18.7. The van der Waals surface area contributed by atoms with Gasteiger partial charge in [0.1, 0.15) is 6.33 Å². The maximum atomic E-state index is 11.4. The molecular weight excluding hydrogens is 456 g/mol. The number of aromatic nitrogens is 2. The second-order valence-electron chi connectivity index (χ2n) is 5.27. The monoisotopic (exact) mass is 467 g/mol. The number of halogens is 4. The quantitative estimate of drug-likeness (QED) is 0.607. The van der Waals surface area contributed by atoms with Crippen LogP contribution in [0.1, 0.15) is 0 Å². The van der Waals surface area contributed by atoms with Crippen LogP contribution in [0, 0.1) is 0 Å². The molecule has 2 N–H and O–H groups in total. The number of hydrogen-bond donors (Lipinski definition) is 1. The van der Waals surface area contributed by atoms with E-state index in [1.54, 1.807) is 28.8 Å². The molecule has 0 spiro atoms. The zero-order valence-corrected chi connectivity index (χ0v) is 17.6. The van der Waals surface area contributed by atoms with Crippen molar-refractivity contribution in [2.24, 2.45) is 5.14 Å². The molecule has 0 saturated carbocycles. The first kappa shape index (κ1) is 21.8. The summed E-state index contributed by atoms with van der Waals surface area (Å²) < 4.78 is 29.6. The highest BCUT2D eigenvalue weighted by molar-refractivity contribution is 7.89. The van der Waals surface area contributed by atoms with Gasteiger partial charge in [0, 0.05) is 11.3 Å². The SMILES string of the molecule is COc1c(Cl)cc(-c2c(Cl)ncn2-c2ccc(S(N)(=O)=O)cc2)cc1Cl.Cl. The van der Waals surface area contributed by atoms with E-state index < -0.39 is 10.0 Å². The molecule has 6 nitrogen and oxygen atoms in total. The Bertz CT molecular complexity index is 1060. The number of benzene rings is 2. The minimum Gasteiger partial charge on any atom is -0.494 e. The van der Waals surface area contributed by atoms with Gasteiger partial charge in [-0.1, -0.05) is 34.8 Å². The van der Waals surface area contributed by atoms with Crippen LogP contribution in [-0.4, -0.2) is 25.1 Å². The van der Waals surface area contributed by atoms with Gasteiger partial charge in [0.2, 0.25) is 10.0 Å². The van der Waals surface area contributed by atoms with Crippen molar-refractivity contribution in [1.29, 1.82) is 0 Å². The molecule has 0 amide bonds. The van der Waals surface area contributed by atoms with Gasteiger partial charge in [-0.25, -0.2) is 18.5 Å². The lowest BCUT2D eigenvalue weighted by molar-refractivity contribution is 0.415. The summed E-state index contributed by atoms with van der Waals surface area (Å²) in [5, 5.41) is 6.00. The fourth-order valence-electron chi connectivity index (χ4n) is 2.47. The third-order valence-electron chi connectivity index (χ3n) is 3.64. The molecule has 0 saturated heterocycles. The molecule has 2 aromatic carbocycles. The number of methoxy groups -OCH3 is 1. The number of nitrogens with two attached hydrogens (primary N) is 1. The zero-order chi connectivity index (χ0) is 19.1. The Morgan fingerprint density at radius 2 is 1.63 bits per heavy atom. The molecule has 0 radical (unpaired) electrons. The standard InChI is InChI=1S/C16H12Cl3N3O3S.ClH/c1-25-15-12(17)6-9(7-13(15)18)14-16(19)21-8-22(14)10-2-4-11(5-3-10)26(20,23)24;/h2-8H,1H3,(H2,20,23,24);1H. The summed E-state index contributed by atoms with van der Waals surface area (Å²) in [6, 6.07) is 9.30. The Labute approximate surface area is 177 Å². The van der Waals surface area contributed by atoms with Gasteiger partial charge in [0.15, 0.2) is 10.9 Å². The largest absolute Gasteiger partial charge is 0.494 e. The van der Waals surface area contributed by atoms with Crippen molar-refractivity contribution in [3.8, 4) is 22.7 Å². The van der Waals surface area contributed by atoms with Crippen molar-refractivity contribution < 1.29 is 13.2 Å². The summed E-state index contributed by atoms with van der Waals surface area (Å²) in [4.78, 5) is 4.11. The summed E-state index contributed by atoms with van der Waals surface area (Å²) in [7, 11) is -2.31. The second kappa shape index (κ2) is 8.26. The van der Waals surface area contributed by atoms with E-state index in [0.717, 1.165) is 0 Å². The van der Waals surface area contributed by atoms with Crippen LogP contribution in [0.4, 0.5) is 0 Å². The Kier molecular flexibility index (Phi) is 6.68. The fourth-order valence-corrected chi connectivity index (χ4v) is 3.87. The predicted molar refractivity (Wildman–Crippen MR) is 109 cm³/mol. The smallest absolute Gasteiger partial charge is 0.238 e. The maximum absolute atomic E-state index is 11.4. The molecule has 0 bridgehead atoms. The molecule has 0 aliphatic rings. The van der Waals surface area contributed by atoms with Crippen LogP contribution in [-0.2, 0) is 10.0 Å². The lowest BCUT2D eigenvalue weighted by Gasteiger charge is -2.12. The summed E-state index contributed by atoms with van der Waals surface area (Å²) in [6.07, 6.45) is 1.51. The van der Waals surface area contributed by atoms with Gasteiger partial charge < -0.3 is 4.74 Å². The summed E-state index contributed by atoms with van der Waals surface area (Å²) in [5.74, 6) is 0.358. The first-order valence-electron chi connectivity index (χ1n) is 7.12. The van der Waals surface area contributed by atoms with E-state index in [9.17, 15) is 8.42 Å². The highest BCUT2D eigenvalue weighted by atomic mass is 35.5. The number of primary sulfonamides is 1. The molecule has 1 heterocycles. The van der Waals surface area contributed by atoms with Gasteiger partial charge in [0.25, 0.3) is 0 Å². The molecule has 11 heteroatoms. The van der Waals surface area contributed by atoms with Gasteiger partial charge >= 0.3 is 0 Å². The van der Waals surface area contributed by atoms with E-state index in [1.165, 1.54) is 25.6 Å². The lowest BCUT2D eigenvalue weighted by atomic mass is 10.1. The Morgan fingerprint density at radius 1 is 1.07 bits per heavy atom. The van der Waals surface area contributed by atoms with E-state index in [0.29, 0.717) is 32.7 Å². The van der Waals surface area contributed by atoms with Crippen LogP contribution in [0.5, 0.6) is 5.75 Å². The molecule has 0 fully saturated rings. The Balaban J connectivity index is 0.00000261. The van der Waals surface area contributed by atoms with Crippen LogP contribution < -0.4 is 9.88 Å². The van der Waals surface area contributed by atoms with Crippen LogP contribution in [0.2, 0.25) is 15.2 Å². The number of rotatable bonds is 4. The van der Waals surface area contributed by atoms with Gasteiger partial charge in [-0.15, -0.1) is 12.4 Å². The number of ether oxygens (including phenoxy) is 1. The summed E-state index contributed by atoms with van der Waals surface area (Å²) in [5.41, 5.74) is 1.80. The molecular formula is C16H13Cl4N3O3S. The van der Waals surface area contributed by atoms with Crippen LogP contribution in [0.3, 0.4) is 0 Å². The fraction of sp³-hybridized carbons (Fsp3) is 0.0625. The van der Waals surface area contributed by atoms with E-state index in [2.05, 4.69) is 4.98 Å². The topological polar surface area (TPSA) is 87.2 Å². The molecule has 3 aromatic rings. The molecule has 0 atom stereocenters. The van der Waals surface area contributed by atoms with Gasteiger partial charge in [-0.2, -0.15) is 0 Å². The third-order valence-corrected chi connectivity index (χ3v) is 5.41. The van der Waals surface area contributed by atoms with Gasteiger partial charge in [0.05, 0.1) is 27.7 Å². The van der Waals surface area contributed by atoms with Crippen molar-refractivity contribution >= 4 is 57.2 Å². The third kappa shape index (κ3) is 4.34. The minimum absolute atomic E-state index is 0. The molecule has 144 valence electrons. The predicted octanol–water partition coefficient (Wildman–Crippen LogP) is 4.58. The molecule has 0 aliphatic heterocycles. The highest BCUT2D eigenvalue weighted by Gasteiger charge is 2.17. The first-order chi connectivity index (χ1) is 12.2. The van der Waals surface area contributed by atoms with Crippen molar-refractivity contribution in [3.63, 3.8) is 0 Å². The van der Waals surface area contributed by atoms with Crippen molar-refractivity contribution in [2.75, 3.05) is 7.11 Å². The van der Waals surface area contributed by atoms with Gasteiger partial charge in [-0.05, 0) is 36.4 Å². The van der Waals surface area contributed by atoms with E-state index in [-0.39, 0.29) is 22.5 Å². The van der Waals surface area contributed by atoms with E-state index in [1.807, 2.05) is 0 Å². The lowest BCUT2D eigenvalue weighted by Crippen LogP contribution is -2.12. The van der Waals surface area contributed by atoms with Gasteiger partial charge in [-0.3, -0.25) is 4.57 Å². The minimum atomic E-state index is -3.78. The van der Waals surface area contributed by atoms with Crippen molar-refractivity contribution in [2.45, 2.75) is 4.90 Å². The molecule has 27 heavy (non-hydrogen) atoms. The summed E-state index contributed by atoms with van der Waals surface area (Å²) in [6.45, 7) is 0. The van der Waals surface area contributed by atoms with Crippen LogP contribution >= 0.6 is 47.2 Å². The highest BCUT2D eigenvalue weighted by Crippen LogP contribution is 2.39. The second-order valence-corrected chi connectivity index (χ2v) is 8.00. The van der Waals surface area contributed by atoms with E-state index in [4.69, 9.17) is 44.7 Å². The first-order valence-corrected chi connectivity index (χ1v) is 9.80. The number of hydrogen-bond acceptors (Lipinski definition) is 4. The zero-order valence-electron chi connectivity index (χ0n) is 13.7. The average molecular weight is 469 g/mol. The van der Waals surface area contributed by atoms with Crippen molar-refractivity contribution in [3.05, 3.63) is 57.9 Å². The molecule has 0 aliphatic carbocycles. The number of nitrogens with zero attached hydrogens (tertiary/aromatic N) is 2. The van der Waals surface area contributed by atoms with E-state index >= 15 is 0 Å². The molecule has 0 unspecified atom stereocenters. The Hall–Kier alpha value is -1.48. The van der Waals surface area contributed by atoms with Crippen LogP contribution in [0.25, 0.3) is 16.9 Å². The Morgan fingerprint density at radius 3 is 2.11 bits per heavy atom. The number of imidazole rings is 1. The normalized spacial score (nSPS) is 11.1. The molecule has 1 aromatic heterocycles.